The Kier molecular flexibility index (Phi) is 7.42. The molecule has 2 amide bonds. The van der Waals surface area contributed by atoms with Gasteiger partial charge in [-0.3, -0.25) is 14.4 Å². The van der Waals surface area contributed by atoms with E-state index in [2.05, 4.69) is 15.7 Å². The zero-order valence-corrected chi connectivity index (χ0v) is 20.4. The van der Waals surface area contributed by atoms with Crippen molar-refractivity contribution < 1.29 is 23.9 Å². The SMILES string of the molecule is Cc1ccc(C(=O)Nc2cc(C(=O)N[C@@H](CC(=O)O)c3ccc(Cl)cc3Cl)nn2-c2ccccc2)o1. The molecule has 0 bridgehead atoms. The summed E-state index contributed by atoms with van der Waals surface area (Å²) < 4.78 is 6.77. The molecule has 2 aromatic carbocycles. The Morgan fingerprint density at radius 2 is 1.78 bits per heavy atom. The van der Waals surface area contributed by atoms with Crippen molar-refractivity contribution >= 4 is 46.8 Å². The third kappa shape index (κ3) is 5.76. The molecule has 0 saturated carbocycles. The molecule has 4 rings (SSSR count). The third-order valence-corrected chi connectivity index (χ3v) is 5.73. The number of amides is 2. The number of aromatic nitrogens is 2. The van der Waals surface area contributed by atoms with E-state index in [0.29, 0.717) is 22.0 Å². The van der Waals surface area contributed by atoms with E-state index in [1.54, 1.807) is 49.4 Å². The highest BCUT2D eigenvalue weighted by atomic mass is 35.5. The average molecular weight is 527 g/mol. The number of carbonyl (C=O) groups excluding carboxylic acids is 2. The number of anilines is 1. The molecular formula is C25H20Cl2N4O5. The number of nitrogens with one attached hydrogen (secondary N) is 2. The summed E-state index contributed by atoms with van der Waals surface area (Å²) in [6.45, 7) is 1.72. The quantitative estimate of drug-likeness (QED) is 0.286. The van der Waals surface area contributed by atoms with Gasteiger partial charge < -0.3 is 20.2 Å². The van der Waals surface area contributed by atoms with Gasteiger partial charge in [-0.25, -0.2) is 4.68 Å². The molecule has 2 heterocycles. The van der Waals surface area contributed by atoms with Gasteiger partial charge in [-0.05, 0) is 48.9 Å². The molecule has 0 fully saturated rings. The van der Waals surface area contributed by atoms with Gasteiger partial charge in [0.2, 0.25) is 0 Å². The fourth-order valence-corrected chi connectivity index (χ4v) is 4.05. The van der Waals surface area contributed by atoms with E-state index < -0.39 is 30.2 Å². The van der Waals surface area contributed by atoms with Crippen LogP contribution in [0.25, 0.3) is 5.69 Å². The van der Waals surface area contributed by atoms with Crippen LogP contribution in [0.15, 0.2) is 71.1 Å². The summed E-state index contributed by atoms with van der Waals surface area (Å²) in [5.74, 6) is -1.44. The summed E-state index contributed by atoms with van der Waals surface area (Å²) in [5.41, 5.74) is 0.927. The Hall–Kier alpha value is -4.08. The van der Waals surface area contributed by atoms with Gasteiger partial charge >= 0.3 is 5.97 Å². The second-order valence-corrected chi connectivity index (χ2v) is 8.66. The second-order valence-electron chi connectivity index (χ2n) is 7.82. The van der Waals surface area contributed by atoms with Crippen LogP contribution >= 0.6 is 23.2 Å². The Morgan fingerprint density at radius 1 is 1.03 bits per heavy atom. The minimum atomic E-state index is -1.14. The number of aliphatic carboxylic acids is 1. The molecule has 0 spiro atoms. The first-order chi connectivity index (χ1) is 17.2. The Labute approximate surface area is 215 Å². The largest absolute Gasteiger partial charge is 0.481 e. The molecule has 4 aromatic rings. The lowest BCUT2D eigenvalue weighted by Gasteiger charge is -2.18. The van der Waals surface area contributed by atoms with E-state index in [0.717, 1.165) is 0 Å². The standard InChI is InChI=1S/C25H20Cl2N4O5/c1-14-7-10-21(36-14)25(35)29-22-12-20(30-31(22)16-5-3-2-4-6-16)24(34)28-19(13-23(32)33)17-9-8-15(26)11-18(17)27/h2-12,19H,13H2,1H3,(H,28,34)(H,29,35)(H,32,33)/t19-/m0/s1. The summed E-state index contributed by atoms with van der Waals surface area (Å²) in [4.78, 5) is 37.3. The number of nitrogens with zero attached hydrogens (tertiary/aromatic N) is 2. The van der Waals surface area contributed by atoms with Gasteiger partial charge in [-0.2, -0.15) is 5.10 Å². The minimum Gasteiger partial charge on any atom is -0.481 e. The second kappa shape index (κ2) is 10.7. The number of carboxylic acids is 1. The molecule has 0 aliphatic rings. The van der Waals surface area contributed by atoms with E-state index >= 15 is 0 Å². The Bertz CT molecular complexity index is 1430. The van der Waals surface area contributed by atoms with Gasteiger partial charge in [0, 0.05) is 16.1 Å². The van der Waals surface area contributed by atoms with Crippen LogP contribution in [0.2, 0.25) is 10.0 Å². The van der Waals surface area contributed by atoms with Gasteiger partial charge in [0.25, 0.3) is 11.8 Å². The van der Waals surface area contributed by atoms with Gasteiger partial charge in [0.05, 0.1) is 18.2 Å². The van der Waals surface area contributed by atoms with Crippen LogP contribution in [0.5, 0.6) is 0 Å². The number of furan rings is 1. The normalized spacial score (nSPS) is 11.6. The molecule has 184 valence electrons. The maximum atomic E-state index is 13.2. The van der Waals surface area contributed by atoms with Gasteiger partial charge in [-0.15, -0.1) is 0 Å². The fourth-order valence-electron chi connectivity index (χ4n) is 3.51. The van der Waals surface area contributed by atoms with Gasteiger partial charge in [0.15, 0.2) is 11.5 Å². The summed E-state index contributed by atoms with van der Waals surface area (Å²) in [7, 11) is 0. The summed E-state index contributed by atoms with van der Waals surface area (Å²) in [6, 6.07) is 17.1. The molecule has 9 nitrogen and oxygen atoms in total. The van der Waals surface area contributed by atoms with E-state index in [1.807, 2.05) is 6.07 Å². The highest BCUT2D eigenvalue weighted by molar-refractivity contribution is 6.35. The van der Waals surface area contributed by atoms with Crippen LogP contribution in [0.1, 0.15) is 44.8 Å². The lowest BCUT2D eigenvalue weighted by atomic mass is 10.0. The maximum absolute atomic E-state index is 13.2. The van der Waals surface area contributed by atoms with Crippen molar-refractivity contribution in [2.24, 2.45) is 0 Å². The predicted molar refractivity (Wildman–Crippen MR) is 134 cm³/mol. The maximum Gasteiger partial charge on any atom is 0.305 e. The van der Waals surface area contributed by atoms with Crippen molar-refractivity contribution in [1.29, 1.82) is 0 Å². The zero-order chi connectivity index (χ0) is 25.8. The van der Waals surface area contributed by atoms with Crippen LogP contribution in [0, 0.1) is 6.92 Å². The molecule has 1 atom stereocenters. The number of rotatable bonds is 8. The number of hydrogen-bond donors (Lipinski definition) is 3. The molecule has 0 saturated heterocycles. The Morgan fingerprint density at radius 3 is 2.42 bits per heavy atom. The van der Waals surface area contributed by atoms with Crippen LogP contribution in [-0.4, -0.2) is 32.7 Å². The van der Waals surface area contributed by atoms with Crippen LogP contribution in [-0.2, 0) is 4.79 Å². The summed E-state index contributed by atoms with van der Waals surface area (Å²) in [6.07, 6.45) is -0.423. The molecule has 36 heavy (non-hydrogen) atoms. The number of carboxylic acid groups (broad SMARTS) is 1. The third-order valence-electron chi connectivity index (χ3n) is 5.17. The first-order valence-electron chi connectivity index (χ1n) is 10.7. The number of aryl methyl sites for hydroxylation is 1. The fraction of sp³-hybridized carbons (Fsp3) is 0.120. The van der Waals surface area contributed by atoms with Crippen LogP contribution in [0.4, 0.5) is 5.82 Å². The van der Waals surface area contributed by atoms with E-state index in [4.69, 9.17) is 27.6 Å². The number of hydrogen-bond acceptors (Lipinski definition) is 5. The van der Waals surface area contributed by atoms with Crippen molar-refractivity contribution in [1.82, 2.24) is 15.1 Å². The number of benzene rings is 2. The molecule has 0 aliphatic carbocycles. The zero-order valence-electron chi connectivity index (χ0n) is 18.9. The summed E-state index contributed by atoms with van der Waals surface area (Å²) >= 11 is 12.2. The van der Waals surface area contributed by atoms with Crippen LogP contribution in [0.3, 0.4) is 0 Å². The van der Waals surface area contributed by atoms with Crippen LogP contribution < -0.4 is 10.6 Å². The van der Waals surface area contributed by atoms with E-state index in [1.165, 1.54) is 22.9 Å². The topological polar surface area (TPSA) is 126 Å². The molecule has 3 N–H and O–H groups in total. The number of carbonyl (C=O) groups is 3. The lowest BCUT2D eigenvalue weighted by Crippen LogP contribution is -2.30. The summed E-state index contributed by atoms with van der Waals surface area (Å²) in [5, 5.41) is 19.7. The lowest BCUT2D eigenvalue weighted by molar-refractivity contribution is -0.137. The number of halogens is 2. The molecule has 2 aromatic heterocycles. The van der Waals surface area contributed by atoms with Crippen molar-refractivity contribution in [2.75, 3.05) is 5.32 Å². The molecule has 0 aliphatic heterocycles. The first kappa shape index (κ1) is 25.0. The van der Waals surface area contributed by atoms with Gasteiger partial charge in [-0.1, -0.05) is 47.5 Å². The first-order valence-corrected chi connectivity index (χ1v) is 11.5. The highest BCUT2D eigenvalue weighted by Gasteiger charge is 2.24. The average Bonchev–Trinajstić information content (AvgIpc) is 3.45. The monoisotopic (exact) mass is 526 g/mol. The van der Waals surface area contributed by atoms with Crippen molar-refractivity contribution in [3.63, 3.8) is 0 Å². The number of para-hydroxylation sites is 1. The van der Waals surface area contributed by atoms with Crippen molar-refractivity contribution in [3.05, 3.63) is 99.6 Å². The van der Waals surface area contributed by atoms with E-state index in [-0.39, 0.29) is 22.3 Å². The molecular weight excluding hydrogens is 507 g/mol. The smallest absolute Gasteiger partial charge is 0.305 e. The predicted octanol–water partition coefficient (Wildman–Crippen LogP) is 5.28. The molecule has 0 radical (unpaired) electrons. The minimum absolute atomic E-state index is 0.0507. The van der Waals surface area contributed by atoms with Gasteiger partial charge in [0.1, 0.15) is 11.6 Å². The van der Waals surface area contributed by atoms with E-state index in [9.17, 15) is 19.5 Å². The molecule has 0 unspecified atom stereocenters. The van der Waals surface area contributed by atoms with Crippen molar-refractivity contribution in [3.8, 4) is 5.69 Å². The molecule has 11 heteroatoms. The highest BCUT2D eigenvalue weighted by Crippen LogP contribution is 2.29. The van der Waals surface area contributed by atoms with Crippen molar-refractivity contribution in [2.45, 2.75) is 19.4 Å². The Balaban J connectivity index is 1.66.